The normalized spacial score (nSPS) is 10.0. The third kappa shape index (κ3) is 2.18. The molecule has 0 atom stereocenters. The second-order valence-electron chi connectivity index (χ2n) is 3.19. The highest BCUT2D eigenvalue weighted by Crippen LogP contribution is 2.35. The van der Waals surface area contributed by atoms with Gasteiger partial charge < -0.3 is 5.73 Å². The van der Waals surface area contributed by atoms with Gasteiger partial charge in [0.05, 0.1) is 11.3 Å². The van der Waals surface area contributed by atoms with Crippen molar-refractivity contribution in [1.29, 1.82) is 5.26 Å². The summed E-state index contributed by atoms with van der Waals surface area (Å²) in [5, 5.41) is 10.9. The summed E-state index contributed by atoms with van der Waals surface area (Å²) in [7, 11) is 0. The van der Waals surface area contributed by atoms with Crippen LogP contribution in [0.1, 0.15) is 11.3 Å². The van der Waals surface area contributed by atoms with Crippen molar-refractivity contribution in [3.05, 3.63) is 34.8 Å². The van der Waals surface area contributed by atoms with Gasteiger partial charge in [0.15, 0.2) is 4.34 Å². The Labute approximate surface area is 102 Å². The van der Waals surface area contributed by atoms with Crippen molar-refractivity contribution in [2.24, 2.45) is 0 Å². The largest absolute Gasteiger partial charge is 0.397 e. The summed E-state index contributed by atoms with van der Waals surface area (Å²) in [6.45, 7) is 1.95. The van der Waals surface area contributed by atoms with Crippen LogP contribution in [0.15, 0.2) is 32.8 Å². The van der Waals surface area contributed by atoms with E-state index in [4.69, 9.17) is 11.0 Å². The molecule has 0 saturated heterocycles. The summed E-state index contributed by atoms with van der Waals surface area (Å²) in [4.78, 5) is 5.23. The first-order chi connectivity index (χ1) is 7.70. The predicted molar refractivity (Wildman–Crippen MR) is 66.5 cm³/mol. The van der Waals surface area contributed by atoms with Gasteiger partial charge in [0, 0.05) is 16.0 Å². The first kappa shape index (κ1) is 11.0. The first-order valence-electron chi connectivity index (χ1n) is 4.59. The minimum Gasteiger partial charge on any atom is -0.397 e. The fourth-order valence-corrected chi connectivity index (χ4v) is 3.08. The molecule has 0 bridgehead atoms. The number of nitrogens with two attached hydrogens (primary N) is 1. The molecule has 0 spiro atoms. The smallest absolute Gasteiger partial charge is 0.154 e. The summed E-state index contributed by atoms with van der Waals surface area (Å²) < 4.78 is 0.944. The summed E-state index contributed by atoms with van der Waals surface area (Å²) >= 11 is 3.08. The summed E-state index contributed by atoms with van der Waals surface area (Å²) in [6.07, 6.45) is 0. The zero-order valence-electron chi connectivity index (χ0n) is 8.60. The number of hydrogen-bond donors (Lipinski definition) is 1. The zero-order valence-corrected chi connectivity index (χ0v) is 10.2. The topological polar surface area (TPSA) is 62.7 Å². The summed E-state index contributed by atoms with van der Waals surface area (Å²) in [5.41, 5.74) is 7.93. The van der Waals surface area contributed by atoms with Gasteiger partial charge >= 0.3 is 0 Å². The average molecular weight is 247 g/mol. The lowest BCUT2D eigenvalue weighted by Crippen LogP contribution is -1.92. The van der Waals surface area contributed by atoms with Crippen molar-refractivity contribution in [3.63, 3.8) is 0 Å². The Morgan fingerprint density at radius 2 is 2.31 bits per heavy atom. The predicted octanol–water partition coefficient (Wildman–Crippen LogP) is 3.06. The lowest BCUT2D eigenvalue weighted by molar-refractivity contribution is 1.16. The number of hydrogen-bond acceptors (Lipinski definition) is 5. The van der Waals surface area contributed by atoms with Gasteiger partial charge in [-0.1, -0.05) is 17.8 Å². The minimum atomic E-state index is 0.512. The van der Waals surface area contributed by atoms with E-state index in [1.54, 1.807) is 17.4 Å². The molecule has 0 saturated carbocycles. The molecule has 0 fully saturated rings. The van der Waals surface area contributed by atoms with E-state index in [0.717, 1.165) is 14.9 Å². The number of nitriles is 1. The van der Waals surface area contributed by atoms with Gasteiger partial charge in [-0.05, 0) is 19.1 Å². The van der Waals surface area contributed by atoms with Crippen LogP contribution >= 0.6 is 23.1 Å². The molecule has 0 radical (unpaired) electrons. The maximum absolute atomic E-state index is 8.86. The minimum absolute atomic E-state index is 0.512. The van der Waals surface area contributed by atoms with Crippen molar-refractivity contribution < 1.29 is 0 Å². The van der Waals surface area contributed by atoms with Crippen molar-refractivity contribution in [2.75, 3.05) is 5.73 Å². The van der Waals surface area contributed by atoms with Gasteiger partial charge in [0.25, 0.3) is 0 Å². The van der Waals surface area contributed by atoms with E-state index in [1.807, 2.05) is 24.4 Å². The molecule has 2 rings (SSSR count). The van der Waals surface area contributed by atoms with Crippen LogP contribution in [0.3, 0.4) is 0 Å². The number of nitrogen functional groups attached to an aromatic ring is 1. The molecule has 2 aromatic rings. The van der Waals surface area contributed by atoms with Crippen LogP contribution in [0.5, 0.6) is 0 Å². The maximum atomic E-state index is 8.86. The highest BCUT2D eigenvalue weighted by atomic mass is 32.2. The second kappa shape index (κ2) is 4.56. The van der Waals surface area contributed by atoms with E-state index >= 15 is 0 Å². The standard InChI is InChI=1S/C11H9N3S2/c1-7-6-15-11(14-7)16-9-4-2-3-8(5-12)10(9)13/h2-4,6H,13H2,1H3. The quantitative estimate of drug-likeness (QED) is 0.828. The Morgan fingerprint density at radius 3 is 2.94 bits per heavy atom. The highest BCUT2D eigenvalue weighted by molar-refractivity contribution is 8.01. The monoisotopic (exact) mass is 247 g/mol. The number of benzene rings is 1. The van der Waals surface area contributed by atoms with E-state index in [0.29, 0.717) is 11.3 Å². The van der Waals surface area contributed by atoms with Crippen molar-refractivity contribution in [3.8, 4) is 6.07 Å². The van der Waals surface area contributed by atoms with Gasteiger partial charge in [0.1, 0.15) is 6.07 Å². The van der Waals surface area contributed by atoms with Gasteiger partial charge in [0.2, 0.25) is 0 Å². The fraction of sp³-hybridized carbons (Fsp3) is 0.0909. The second-order valence-corrected chi connectivity index (χ2v) is 5.33. The lowest BCUT2D eigenvalue weighted by Gasteiger charge is -2.03. The van der Waals surface area contributed by atoms with E-state index in [9.17, 15) is 0 Å². The van der Waals surface area contributed by atoms with Crippen molar-refractivity contribution in [2.45, 2.75) is 16.2 Å². The van der Waals surface area contributed by atoms with E-state index in [-0.39, 0.29) is 0 Å². The molecule has 5 heteroatoms. The first-order valence-corrected chi connectivity index (χ1v) is 6.29. The van der Waals surface area contributed by atoms with Gasteiger partial charge in [-0.2, -0.15) is 5.26 Å². The van der Waals surface area contributed by atoms with Crippen LogP contribution in [0.4, 0.5) is 5.69 Å². The molecule has 0 aliphatic carbocycles. The zero-order chi connectivity index (χ0) is 11.5. The number of anilines is 1. The number of aryl methyl sites for hydroxylation is 1. The molecule has 1 heterocycles. The Bertz CT molecular complexity index is 555. The van der Waals surface area contributed by atoms with Crippen molar-refractivity contribution >= 4 is 28.8 Å². The highest BCUT2D eigenvalue weighted by Gasteiger charge is 2.08. The van der Waals surface area contributed by atoms with Crippen LogP contribution in [-0.4, -0.2) is 4.98 Å². The molecule has 3 nitrogen and oxygen atoms in total. The van der Waals surface area contributed by atoms with E-state index in [1.165, 1.54) is 11.8 Å². The molecular formula is C11H9N3S2. The van der Waals surface area contributed by atoms with Crippen LogP contribution < -0.4 is 5.73 Å². The van der Waals surface area contributed by atoms with Crippen molar-refractivity contribution in [1.82, 2.24) is 4.98 Å². The molecule has 1 aromatic heterocycles. The SMILES string of the molecule is Cc1csc(Sc2cccc(C#N)c2N)n1. The van der Waals surface area contributed by atoms with Crippen LogP contribution in [-0.2, 0) is 0 Å². The van der Waals surface area contributed by atoms with Crippen LogP contribution in [0.2, 0.25) is 0 Å². The molecule has 0 aliphatic rings. The maximum Gasteiger partial charge on any atom is 0.154 e. The fourth-order valence-electron chi connectivity index (χ4n) is 1.20. The number of para-hydroxylation sites is 1. The van der Waals surface area contributed by atoms with Crippen LogP contribution in [0, 0.1) is 18.3 Å². The molecule has 0 aliphatic heterocycles. The summed E-state index contributed by atoms with van der Waals surface area (Å²) in [5.74, 6) is 0. The molecule has 0 amide bonds. The Hall–Kier alpha value is -1.51. The molecule has 2 N–H and O–H groups in total. The van der Waals surface area contributed by atoms with E-state index in [2.05, 4.69) is 11.1 Å². The number of aromatic nitrogens is 1. The summed E-state index contributed by atoms with van der Waals surface area (Å²) in [6, 6.07) is 7.52. The Balaban J connectivity index is 2.32. The third-order valence-corrected chi connectivity index (χ3v) is 4.11. The van der Waals surface area contributed by atoms with Crippen LogP contribution in [0.25, 0.3) is 0 Å². The number of thiazole rings is 1. The average Bonchev–Trinajstić information content (AvgIpc) is 2.67. The molecule has 1 aromatic carbocycles. The number of rotatable bonds is 2. The molecule has 0 unspecified atom stereocenters. The molecular weight excluding hydrogens is 238 g/mol. The molecule has 80 valence electrons. The number of nitrogens with zero attached hydrogens (tertiary/aromatic N) is 2. The Kier molecular flexibility index (Phi) is 3.13. The Morgan fingerprint density at radius 1 is 1.50 bits per heavy atom. The van der Waals surface area contributed by atoms with Gasteiger partial charge in [-0.15, -0.1) is 11.3 Å². The van der Waals surface area contributed by atoms with Gasteiger partial charge in [-0.25, -0.2) is 4.98 Å². The molecule has 16 heavy (non-hydrogen) atoms. The van der Waals surface area contributed by atoms with E-state index < -0.39 is 0 Å². The van der Waals surface area contributed by atoms with Gasteiger partial charge in [-0.3, -0.25) is 0 Å². The lowest BCUT2D eigenvalue weighted by atomic mass is 10.2. The third-order valence-electron chi connectivity index (χ3n) is 1.98.